The number of hydrogen-bond donors (Lipinski definition) is 4. The summed E-state index contributed by atoms with van der Waals surface area (Å²) >= 11 is 0. The van der Waals surface area contributed by atoms with Crippen molar-refractivity contribution in [2.45, 2.75) is 76.9 Å². The zero-order valence-electron chi connectivity index (χ0n) is 16.0. The van der Waals surface area contributed by atoms with Crippen molar-refractivity contribution in [3.63, 3.8) is 0 Å². The molecule has 26 heavy (non-hydrogen) atoms. The van der Waals surface area contributed by atoms with Gasteiger partial charge in [0, 0.05) is 31.7 Å². The lowest BCUT2D eigenvalue weighted by Gasteiger charge is -2.35. The number of nitrogens with zero attached hydrogens (tertiary/aromatic N) is 1. The minimum atomic E-state index is -0.458. The molecule has 2 aliphatic rings. The van der Waals surface area contributed by atoms with Gasteiger partial charge in [0.15, 0.2) is 0 Å². The Labute approximate surface area is 155 Å². The SMILES string of the molecule is CCNC(=O)NC(=O)C(C)N1CCC(NC(=O)NC2CCCCC2)CC1. The molecule has 1 aliphatic heterocycles. The number of carbonyl (C=O) groups excluding carboxylic acids is 3. The Morgan fingerprint density at radius 3 is 2.08 bits per heavy atom. The van der Waals surface area contributed by atoms with E-state index in [4.69, 9.17) is 0 Å². The second-order valence-electron chi connectivity index (χ2n) is 7.29. The van der Waals surface area contributed by atoms with Crippen molar-refractivity contribution < 1.29 is 14.4 Å². The van der Waals surface area contributed by atoms with E-state index in [2.05, 4.69) is 21.3 Å². The maximum absolute atomic E-state index is 12.1. The molecule has 2 rings (SSSR count). The van der Waals surface area contributed by atoms with Crippen molar-refractivity contribution in [1.29, 1.82) is 0 Å². The van der Waals surface area contributed by atoms with E-state index in [1.54, 1.807) is 13.8 Å². The second kappa shape index (κ2) is 10.4. The number of urea groups is 2. The maximum Gasteiger partial charge on any atom is 0.321 e. The normalized spacial score (nSPS) is 20.8. The van der Waals surface area contributed by atoms with Crippen LogP contribution in [0.5, 0.6) is 0 Å². The van der Waals surface area contributed by atoms with Crippen LogP contribution in [0.3, 0.4) is 0 Å². The molecule has 1 heterocycles. The summed E-state index contributed by atoms with van der Waals surface area (Å²) in [5, 5.41) is 11.1. The predicted octanol–water partition coefficient (Wildman–Crippen LogP) is 1.32. The number of likely N-dealkylation sites (tertiary alicyclic amines) is 1. The van der Waals surface area contributed by atoms with Crippen molar-refractivity contribution >= 4 is 18.0 Å². The summed E-state index contributed by atoms with van der Waals surface area (Å²) in [7, 11) is 0. The van der Waals surface area contributed by atoms with E-state index in [0.29, 0.717) is 12.6 Å². The maximum atomic E-state index is 12.1. The van der Waals surface area contributed by atoms with Gasteiger partial charge in [-0.25, -0.2) is 9.59 Å². The summed E-state index contributed by atoms with van der Waals surface area (Å²) in [6.07, 6.45) is 7.41. The lowest BCUT2D eigenvalue weighted by Crippen LogP contribution is -2.54. The predicted molar refractivity (Wildman–Crippen MR) is 99.8 cm³/mol. The zero-order valence-corrected chi connectivity index (χ0v) is 16.0. The van der Waals surface area contributed by atoms with Gasteiger partial charge in [0.2, 0.25) is 5.91 Å². The van der Waals surface area contributed by atoms with Crippen LogP contribution >= 0.6 is 0 Å². The number of nitrogens with one attached hydrogen (secondary N) is 4. The molecule has 0 radical (unpaired) electrons. The average molecular weight is 367 g/mol. The number of imide groups is 1. The van der Waals surface area contributed by atoms with Crippen LogP contribution in [0.4, 0.5) is 9.59 Å². The first-order valence-corrected chi connectivity index (χ1v) is 9.89. The van der Waals surface area contributed by atoms with Crippen molar-refractivity contribution in [2.24, 2.45) is 0 Å². The molecule has 1 atom stereocenters. The first-order chi connectivity index (χ1) is 12.5. The summed E-state index contributed by atoms with van der Waals surface area (Å²) in [6, 6.07) is -0.456. The summed E-state index contributed by atoms with van der Waals surface area (Å²) in [5.41, 5.74) is 0. The number of piperidine rings is 1. The van der Waals surface area contributed by atoms with Crippen molar-refractivity contribution in [3.8, 4) is 0 Å². The molecule has 0 bridgehead atoms. The molecular formula is C18H33N5O3. The van der Waals surface area contributed by atoms with Crippen LogP contribution in [0.1, 0.15) is 58.8 Å². The Balaban J connectivity index is 1.68. The Bertz CT molecular complexity index is 485. The highest BCUT2D eigenvalue weighted by Crippen LogP contribution is 2.17. The minimum absolute atomic E-state index is 0.0719. The number of carbonyl (C=O) groups is 3. The smallest absolute Gasteiger partial charge is 0.321 e. The van der Waals surface area contributed by atoms with Gasteiger partial charge in [-0.05, 0) is 39.5 Å². The molecule has 1 saturated carbocycles. The van der Waals surface area contributed by atoms with Crippen LogP contribution in [-0.4, -0.2) is 60.6 Å². The van der Waals surface area contributed by atoms with Gasteiger partial charge < -0.3 is 16.0 Å². The largest absolute Gasteiger partial charge is 0.338 e. The monoisotopic (exact) mass is 367 g/mol. The van der Waals surface area contributed by atoms with Gasteiger partial charge in [-0.3, -0.25) is 15.0 Å². The Morgan fingerprint density at radius 1 is 0.923 bits per heavy atom. The molecule has 0 aromatic carbocycles. The molecule has 0 spiro atoms. The molecular weight excluding hydrogens is 334 g/mol. The molecule has 4 N–H and O–H groups in total. The Morgan fingerprint density at radius 2 is 1.50 bits per heavy atom. The van der Waals surface area contributed by atoms with Gasteiger partial charge in [-0.2, -0.15) is 0 Å². The molecule has 148 valence electrons. The van der Waals surface area contributed by atoms with Gasteiger partial charge in [0.05, 0.1) is 6.04 Å². The fraction of sp³-hybridized carbons (Fsp3) is 0.833. The van der Waals surface area contributed by atoms with E-state index in [-0.39, 0.29) is 24.0 Å². The van der Waals surface area contributed by atoms with E-state index in [0.717, 1.165) is 38.8 Å². The molecule has 1 aliphatic carbocycles. The van der Waals surface area contributed by atoms with Crippen LogP contribution in [-0.2, 0) is 4.79 Å². The summed E-state index contributed by atoms with van der Waals surface area (Å²) in [5.74, 6) is -0.294. The Kier molecular flexibility index (Phi) is 8.15. The number of rotatable bonds is 5. The van der Waals surface area contributed by atoms with Crippen LogP contribution in [0.25, 0.3) is 0 Å². The summed E-state index contributed by atoms with van der Waals surface area (Å²) in [6.45, 7) is 5.53. The number of hydrogen-bond acceptors (Lipinski definition) is 4. The fourth-order valence-corrected chi connectivity index (χ4v) is 3.68. The van der Waals surface area contributed by atoms with Gasteiger partial charge in [0.25, 0.3) is 0 Å². The van der Waals surface area contributed by atoms with E-state index in [9.17, 15) is 14.4 Å². The van der Waals surface area contributed by atoms with Crippen LogP contribution in [0, 0.1) is 0 Å². The Hall–Kier alpha value is -1.83. The molecule has 8 nitrogen and oxygen atoms in total. The highest BCUT2D eigenvalue weighted by atomic mass is 16.2. The standard InChI is InChI=1S/C18H33N5O3/c1-3-19-17(25)22-16(24)13(2)23-11-9-15(10-12-23)21-18(26)20-14-7-5-4-6-8-14/h13-15H,3-12H2,1-2H3,(H2,20,21,26)(H2,19,22,24,25). The highest BCUT2D eigenvalue weighted by molar-refractivity contribution is 5.96. The third-order valence-corrected chi connectivity index (χ3v) is 5.31. The topological polar surface area (TPSA) is 103 Å². The molecule has 1 saturated heterocycles. The molecule has 1 unspecified atom stereocenters. The minimum Gasteiger partial charge on any atom is -0.338 e. The summed E-state index contributed by atoms with van der Waals surface area (Å²) < 4.78 is 0. The second-order valence-corrected chi connectivity index (χ2v) is 7.29. The van der Waals surface area contributed by atoms with Crippen LogP contribution < -0.4 is 21.3 Å². The molecule has 2 fully saturated rings. The average Bonchev–Trinajstić information content (AvgIpc) is 2.62. The van der Waals surface area contributed by atoms with Crippen molar-refractivity contribution in [1.82, 2.24) is 26.2 Å². The van der Waals surface area contributed by atoms with Crippen molar-refractivity contribution in [2.75, 3.05) is 19.6 Å². The van der Waals surface area contributed by atoms with Gasteiger partial charge in [0.1, 0.15) is 0 Å². The van der Waals surface area contributed by atoms with Crippen LogP contribution in [0.2, 0.25) is 0 Å². The van der Waals surface area contributed by atoms with E-state index in [1.807, 2.05) is 4.90 Å². The lowest BCUT2D eigenvalue weighted by molar-refractivity contribution is -0.125. The fourth-order valence-electron chi connectivity index (χ4n) is 3.68. The highest BCUT2D eigenvalue weighted by Gasteiger charge is 2.28. The third kappa shape index (κ3) is 6.48. The van der Waals surface area contributed by atoms with Gasteiger partial charge in [-0.15, -0.1) is 0 Å². The van der Waals surface area contributed by atoms with Crippen LogP contribution in [0.15, 0.2) is 0 Å². The first-order valence-electron chi connectivity index (χ1n) is 9.89. The third-order valence-electron chi connectivity index (χ3n) is 5.31. The zero-order chi connectivity index (χ0) is 18.9. The van der Waals surface area contributed by atoms with Crippen molar-refractivity contribution in [3.05, 3.63) is 0 Å². The molecule has 8 heteroatoms. The molecule has 0 aromatic heterocycles. The summed E-state index contributed by atoms with van der Waals surface area (Å²) in [4.78, 5) is 37.8. The van der Waals surface area contributed by atoms with E-state index < -0.39 is 6.03 Å². The van der Waals surface area contributed by atoms with Gasteiger partial charge in [-0.1, -0.05) is 19.3 Å². The van der Waals surface area contributed by atoms with E-state index in [1.165, 1.54) is 19.3 Å². The van der Waals surface area contributed by atoms with Gasteiger partial charge >= 0.3 is 12.1 Å². The lowest BCUT2D eigenvalue weighted by atomic mass is 9.96. The van der Waals surface area contributed by atoms with E-state index >= 15 is 0 Å². The quantitative estimate of drug-likeness (QED) is 0.588. The molecule has 5 amide bonds. The first kappa shape index (κ1) is 20.5. The molecule has 0 aromatic rings. The number of amides is 5.